The van der Waals surface area contributed by atoms with Gasteiger partial charge in [-0.2, -0.15) is 5.26 Å². The molecule has 3 rings (SSSR count). The van der Waals surface area contributed by atoms with Gasteiger partial charge in [0, 0.05) is 15.6 Å². The van der Waals surface area contributed by atoms with Crippen LogP contribution in [-0.4, -0.2) is 14.0 Å². The first-order chi connectivity index (χ1) is 12.7. The van der Waals surface area contributed by atoms with Gasteiger partial charge in [0.2, 0.25) is 10.0 Å². The van der Waals surface area contributed by atoms with Crippen LogP contribution < -0.4 is 4.72 Å². The van der Waals surface area contributed by atoms with Crippen molar-refractivity contribution in [2.45, 2.75) is 37.0 Å². The fraction of sp³-hybridized carbons (Fsp3) is 0.316. The van der Waals surface area contributed by atoms with Gasteiger partial charge in [0.25, 0.3) is 0 Å². The first-order valence-corrected chi connectivity index (χ1v) is 10.8. The van der Waals surface area contributed by atoms with Gasteiger partial charge in [0.1, 0.15) is 5.82 Å². The number of rotatable bonds is 6. The third-order valence-corrected chi connectivity index (χ3v) is 6.79. The number of nitrogens with zero attached hydrogens (tertiary/aromatic N) is 1. The highest BCUT2D eigenvalue weighted by atomic mass is 35.5. The minimum absolute atomic E-state index is 0.0174. The molecule has 0 amide bonds. The van der Waals surface area contributed by atoms with Crippen molar-refractivity contribution in [3.63, 3.8) is 0 Å². The van der Waals surface area contributed by atoms with E-state index in [-0.39, 0.29) is 16.9 Å². The molecule has 0 aromatic heterocycles. The molecule has 1 N–H and O–H groups in total. The summed E-state index contributed by atoms with van der Waals surface area (Å²) in [6, 6.07) is 10.5. The largest absolute Gasteiger partial charge is 0.216 e. The third-order valence-electron chi connectivity index (χ3n) is 4.76. The van der Waals surface area contributed by atoms with Gasteiger partial charge in [-0.1, -0.05) is 35.3 Å². The standard InChI is InChI=1S/C19H17Cl2FN2O2S/c20-16-4-2-13(18(21)9-16)10-19(6-1-7-19)24-27(25,26)12-14-3-5-17(22)8-15(14)11-23/h2-5,8-9,24H,1,6-7,10,12H2. The van der Waals surface area contributed by atoms with Crippen LogP contribution in [0.1, 0.15) is 36.0 Å². The molecule has 0 atom stereocenters. The zero-order valence-electron chi connectivity index (χ0n) is 14.3. The molecule has 0 saturated heterocycles. The van der Waals surface area contributed by atoms with Crippen molar-refractivity contribution in [1.29, 1.82) is 5.26 Å². The molecule has 8 heteroatoms. The molecular formula is C19H17Cl2FN2O2S. The zero-order valence-corrected chi connectivity index (χ0v) is 16.6. The van der Waals surface area contributed by atoms with Crippen LogP contribution in [0.15, 0.2) is 36.4 Å². The average molecular weight is 427 g/mol. The monoisotopic (exact) mass is 426 g/mol. The van der Waals surface area contributed by atoms with Crippen LogP contribution >= 0.6 is 23.2 Å². The smallest absolute Gasteiger partial charge is 0.212 e. The summed E-state index contributed by atoms with van der Waals surface area (Å²) in [7, 11) is -3.73. The van der Waals surface area contributed by atoms with Crippen LogP contribution in [0.2, 0.25) is 10.0 Å². The van der Waals surface area contributed by atoms with Crippen molar-refractivity contribution in [3.8, 4) is 6.07 Å². The molecule has 0 heterocycles. The Labute approximate surface area is 168 Å². The van der Waals surface area contributed by atoms with Crippen LogP contribution in [-0.2, 0) is 22.2 Å². The molecule has 1 aliphatic carbocycles. The second-order valence-corrected chi connectivity index (χ2v) is 9.39. The summed E-state index contributed by atoms with van der Waals surface area (Å²) in [5.41, 5.74) is 0.500. The highest BCUT2D eigenvalue weighted by molar-refractivity contribution is 7.88. The van der Waals surface area contributed by atoms with E-state index in [2.05, 4.69) is 4.72 Å². The number of halogens is 3. The van der Waals surface area contributed by atoms with Gasteiger partial charge >= 0.3 is 0 Å². The van der Waals surface area contributed by atoms with E-state index in [0.29, 0.717) is 29.3 Å². The molecule has 142 valence electrons. The topological polar surface area (TPSA) is 70.0 Å². The lowest BCUT2D eigenvalue weighted by molar-refractivity contribution is 0.220. The van der Waals surface area contributed by atoms with Crippen molar-refractivity contribution in [1.82, 2.24) is 4.72 Å². The van der Waals surface area contributed by atoms with Crippen LogP contribution in [0, 0.1) is 17.1 Å². The average Bonchev–Trinajstić information content (AvgIpc) is 2.56. The predicted molar refractivity (Wildman–Crippen MR) is 104 cm³/mol. The lowest BCUT2D eigenvalue weighted by Gasteiger charge is -2.42. The van der Waals surface area contributed by atoms with Gasteiger partial charge < -0.3 is 0 Å². The zero-order chi connectivity index (χ0) is 19.7. The van der Waals surface area contributed by atoms with Gasteiger partial charge in [-0.05, 0) is 61.1 Å². The molecule has 1 aliphatic rings. The molecule has 0 radical (unpaired) electrons. The maximum atomic E-state index is 13.3. The molecule has 2 aromatic rings. The second-order valence-electron chi connectivity index (χ2n) is 6.82. The number of benzene rings is 2. The molecule has 0 unspecified atom stereocenters. The van der Waals surface area contributed by atoms with E-state index in [9.17, 15) is 12.8 Å². The summed E-state index contributed by atoms with van der Waals surface area (Å²) >= 11 is 12.2. The van der Waals surface area contributed by atoms with E-state index < -0.39 is 21.4 Å². The van der Waals surface area contributed by atoms with Crippen LogP contribution in [0.4, 0.5) is 4.39 Å². The lowest BCUT2D eigenvalue weighted by atomic mass is 9.74. The number of sulfonamides is 1. The summed E-state index contributed by atoms with van der Waals surface area (Å²) in [5, 5.41) is 10.1. The Bertz CT molecular complexity index is 1010. The Balaban J connectivity index is 1.80. The molecule has 0 bridgehead atoms. The number of nitriles is 1. The normalized spacial score (nSPS) is 15.8. The van der Waals surface area contributed by atoms with Crippen LogP contribution in [0.25, 0.3) is 0 Å². The molecule has 1 fully saturated rings. The maximum absolute atomic E-state index is 13.3. The number of nitrogens with one attached hydrogen (secondary N) is 1. The molecule has 0 spiro atoms. The Morgan fingerprint density at radius 3 is 2.44 bits per heavy atom. The van der Waals surface area contributed by atoms with E-state index >= 15 is 0 Å². The van der Waals surface area contributed by atoms with Gasteiger partial charge in [-0.3, -0.25) is 0 Å². The number of hydrogen-bond donors (Lipinski definition) is 1. The Morgan fingerprint density at radius 1 is 1.15 bits per heavy atom. The summed E-state index contributed by atoms with van der Waals surface area (Å²) in [6.07, 6.45) is 2.75. The van der Waals surface area contributed by atoms with Crippen molar-refractivity contribution in [3.05, 3.63) is 69.0 Å². The quantitative estimate of drug-likeness (QED) is 0.733. The molecule has 27 heavy (non-hydrogen) atoms. The van der Waals surface area contributed by atoms with Crippen LogP contribution in [0.5, 0.6) is 0 Å². The van der Waals surface area contributed by atoms with E-state index in [4.69, 9.17) is 28.5 Å². The van der Waals surface area contributed by atoms with Gasteiger partial charge in [-0.15, -0.1) is 0 Å². The van der Waals surface area contributed by atoms with Gasteiger partial charge in [-0.25, -0.2) is 17.5 Å². The minimum Gasteiger partial charge on any atom is -0.212 e. The molecule has 1 saturated carbocycles. The molecule has 2 aromatic carbocycles. The maximum Gasteiger partial charge on any atom is 0.216 e. The van der Waals surface area contributed by atoms with Crippen molar-refractivity contribution >= 4 is 33.2 Å². The minimum atomic E-state index is -3.73. The summed E-state index contributed by atoms with van der Waals surface area (Å²) in [5.74, 6) is -0.958. The molecule has 0 aliphatic heterocycles. The van der Waals surface area contributed by atoms with Crippen molar-refractivity contribution < 1.29 is 12.8 Å². The van der Waals surface area contributed by atoms with Crippen LogP contribution in [0.3, 0.4) is 0 Å². The highest BCUT2D eigenvalue weighted by Crippen LogP contribution is 2.38. The van der Waals surface area contributed by atoms with Crippen molar-refractivity contribution in [2.24, 2.45) is 0 Å². The van der Waals surface area contributed by atoms with Gasteiger partial charge in [0.05, 0.1) is 17.4 Å². The predicted octanol–water partition coefficient (Wildman–Crippen LogP) is 4.59. The Kier molecular flexibility index (Phi) is 5.78. The summed E-state index contributed by atoms with van der Waals surface area (Å²) in [6.45, 7) is 0. The summed E-state index contributed by atoms with van der Waals surface area (Å²) < 4.78 is 41.5. The van der Waals surface area contributed by atoms with E-state index in [1.54, 1.807) is 18.2 Å². The summed E-state index contributed by atoms with van der Waals surface area (Å²) in [4.78, 5) is 0. The van der Waals surface area contributed by atoms with Gasteiger partial charge in [0.15, 0.2) is 0 Å². The van der Waals surface area contributed by atoms with E-state index in [1.165, 1.54) is 6.07 Å². The van der Waals surface area contributed by atoms with E-state index in [0.717, 1.165) is 24.1 Å². The SMILES string of the molecule is N#Cc1cc(F)ccc1CS(=O)(=O)NC1(Cc2ccc(Cl)cc2Cl)CCC1. The Morgan fingerprint density at radius 2 is 1.85 bits per heavy atom. The Hall–Kier alpha value is -1.65. The lowest BCUT2D eigenvalue weighted by Crippen LogP contribution is -2.55. The molecular weight excluding hydrogens is 410 g/mol. The van der Waals surface area contributed by atoms with E-state index in [1.807, 2.05) is 6.07 Å². The first-order valence-electron chi connectivity index (χ1n) is 8.36. The third kappa shape index (κ3) is 4.80. The molecule has 4 nitrogen and oxygen atoms in total. The van der Waals surface area contributed by atoms with Crippen molar-refractivity contribution in [2.75, 3.05) is 0 Å². The first kappa shape index (κ1) is 20.1. The number of hydrogen-bond acceptors (Lipinski definition) is 3. The second kappa shape index (κ2) is 7.76. The highest BCUT2D eigenvalue weighted by Gasteiger charge is 2.40. The fourth-order valence-corrected chi connectivity index (χ4v) is 5.44. The fourth-order valence-electron chi connectivity index (χ4n) is 3.30.